The molecule has 66 valence electrons. The maximum absolute atomic E-state index is 6.01. The van der Waals surface area contributed by atoms with Crippen LogP contribution in [0.15, 0.2) is 10.7 Å². The topological polar surface area (TPSA) is 22.1 Å². The zero-order valence-corrected chi connectivity index (χ0v) is 9.24. The Morgan fingerprint density at radius 2 is 2.33 bits per heavy atom. The van der Waals surface area contributed by atoms with Crippen LogP contribution in [0.25, 0.3) is 0 Å². The standard InChI is InChI=1S/C8H9BrClNO/c1-3-5-7(10)6(9)4-11-8(5)12-2/h4H,3H2,1-2H3. The third kappa shape index (κ3) is 1.72. The summed E-state index contributed by atoms with van der Waals surface area (Å²) in [6.45, 7) is 2.01. The molecule has 0 spiro atoms. The van der Waals surface area contributed by atoms with Crippen LogP contribution in [0.4, 0.5) is 0 Å². The van der Waals surface area contributed by atoms with Crippen LogP contribution in [0.2, 0.25) is 5.02 Å². The van der Waals surface area contributed by atoms with Gasteiger partial charge < -0.3 is 4.74 Å². The van der Waals surface area contributed by atoms with E-state index in [1.54, 1.807) is 13.3 Å². The maximum atomic E-state index is 6.01. The molecule has 12 heavy (non-hydrogen) atoms. The van der Waals surface area contributed by atoms with Gasteiger partial charge >= 0.3 is 0 Å². The van der Waals surface area contributed by atoms with E-state index in [4.69, 9.17) is 16.3 Å². The second kappa shape index (κ2) is 4.10. The van der Waals surface area contributed by atoms with Gasteiger partial charge in [-0.1, -0.05) is 18.5 Å². The van der Waals surface area contributed by atoms with E-state index in [0.717, 1.165) is 16.5 Å². The SMILES string of the molecule is CCc1c(OC)ncc(Br)c1Cl. The summed E-state index contributed by atoms with van der Waals surface area (Å²) in [7, 11) is 1.59. The van der Waals surface area contributed by atoms with E-state index in [-0.39, 0.29) is 0 Å². The van der Waals surface area contributed by atoms with E-state index in [0.29, 0.717) is 10.9 Å². The van der Waals surface area contributed by atoms with E-state index in [2.05, 4.69) is 20.9 Å². The summed E-state index contributed by atoms with van der Waals surface area (Å²) in [5, 5.41) is 0.685. The molecule has 1 aromatic rings. The van der Waals surface area contributed by atoms with Crippen molar-refractivity contribution in [2.24, 2.45) is 0 Å². The van der Waals surface area contributed by atoms with Crippen LogP contribution in [0.3, 0.4) is 0 Å². The highest BCUT2D eigenvalue weighted by Crippen LogP contribution is 2.31. The first-order valence-corrected chi connectivity index (χ1v) is 4.74. The minimum atomic E-state index is 0.603. The van der Waals surface area contributed by atoms with Gasteiger partial charge in [0.15, 0.2) is 0 Å². The van der Waals surface area contributed by atoms with Gasteiger partial charge in [-0.3, -0.25) is 0 Å². The molecule has 1 heterocycles. The zero-order chi connectivity index (χ0) is 9.14. The molecular weight excluding hydrogens is 241 g/mol. The zero-order valence-electron chi connectivity index (χ0n) is 6.90. The van der Waals surface area contributed by atoms with Crippen LogP contribution < -0.4 is 4.74 Å². The Labute approximate surface area is 85.0 Å². The fourth-order valence-corrected chi connectivity index (χ4v) is 1.58. The third-order valence-corrected chi connectivity index (χ3v) is 2.84. The van der Waals surface area contributed by atoms with E-state index in [1.165, 1.54) is 0 Å². The average molecular weight is 251 g/mol. The Balaban J connectivity index is 3.25. The Hall–Kier alpha value is -0.280. The lowest BCUT2D eigenvalue weighted by Crippen LogP contribution is -1.95. The first-order chi connectivity index (χ1) is 5.70. The average Bonchev–Trinajstić information content (AvgIpc) is 2.09. The highest BCUT2D eigenvalue weighted by molar-refractivity contribution is 9.10. The minimum absolute atomic E-state index is 0.603. The number of methoxy groups -OCH3 is 1. The van der Waals surface area contributed by atoms with Crippen molar-refractivity contribution in [3.63, 3.8) is 0 Å². The Morgan fingerprint density at radius 3 is 2.83 bits per heavy atom. The summed E-state index contributed by atoms with van der Waals surface area (Å²) in [6, 6.07) is 0. The summed E-state index contributed by atoms with van der Waals surface area (Å²) in [5.41, 5.74) is 0.938. The lowest BCUT2D eigenvalue weighted by Gasteiger charge is -2.07. The number of hydrogen-bond acceptors (Lipinski definition) is 2. The smallest absolute Gasteiger partial charge is 0.217 e. The molecule has 2 nitrogen and oxygen atoms in total. The quantitative estimate of drug-likeness (QED) is 0.805. The van der Waals surface area contributed by atoms with Crippen molar-refractivity contribution in [3.8, 4) is 5.88 Å². The predicted octanol–water partition coefficient (Wildman–Crippen LogP) is 3.07. The van der Waals surface area contributed by atoms with Gasteiger partial charge in [0, 0.05) is 11.8 Å². The maximum Gasteiger partial charge on any atom is 0.217 e. The number of nitrogens with zero attached hydrogens (tertiary/aromatic N) is 1. The molecule has 0 N–H and O–H groups in total. The molecule has 0 radical (unpaired) electrons. The largest absolute Gasteiger partial charge is 0.481 e. The summed E-state index contributed by atoms with van der Waals surface area (Å²) in [6.07, 6.45) is 2.45. The lowest BCUT2D eigenvalue weighted by atomic mass is 10.2. The molecule has 1 aromatic heterocycles. The van der Waals surface area contributed by atoms with Crippen molar-refractivity contribution < 1.29 is 4.74 Å². The number of hydrogen-bond donors (Lipinski definition) is 0. The van der Waals surface area contributed by atoms with Crippen LogP contribution >= 0.6 is 27.5 Å². The number of ether oxygens (including phenoxy) is 1. The Bertz CT molecular complexity index is 291. The summed E-state index contributed by atoms with van der Waals surface area (Å²) in [4.78, 5) is 4.07. The summed E-state index contributed by atoms with van der Waals surface area (Å²) in [5.74, 6) is 0.603. The first kappa shape index (κ1) is 9.81. The van der Waals surface area contributed by atoms with Gasteiger partial charge in [-0.15, -0.1) is 0 Å². The third-order valence-electron chi connectivity index (χ3n) is 1.57. The van der Waals surface area contributed by atoms with E-state index < -0.39 is 0 Å². The molecule has 0 saturated heterocycles. The molecule has 0 unspecified atom stereocenters. The number of rotatable bonds is 2. The van der Waals surface area contributed by atoms with E-state index in [9.17, 15) is 0 Å². The van der Waals surface area contributed by atoms with Crippen LogP contribution in [0.1, 0.15) is 12.5 Å². The molecular formula is C8H9BrClNO. The van der Waals surface area contributed by atoms with Crippen molar-refractivity contribution in [3.05, 3.63) is 21.3 Å². The number of aromatic nitrogens is 1. The summed E-state index contributed by atoms with van der Waals surface area (Å²) < 4.78 is 5.86. The lowest BCUT2D eigenvalue weighted by molar-refractivity contribution is 0.393. The van der Waals surface area contributed by atoms with Crippen molar-refractivity contribution in [2.75, 3.05) is 7.11 Å². The van der Waals surface area contributed by atoms with Crippen LogP contribution in [0.5, 0.6) is 5.88 Å². The van der Waals surface area contributed by atoms with E-state index >= 15 is 0 Å². The van der Waals surface area contributed by atoms with E-state index in [1.807, 2.05) is 6.92 Å². The molecule has 0 aromatic carbocycles. The van der Waals surface area contributed by atoms with Crippen molar-refractivity contribution >= 4 is 27.5 Å². The van der Waals surface area contributed by atoms with Gasteiger partial charge in [-0.05, 0) is 22.4 Å². The molecule has 0 aliphatic carbocycles. The normalized spacial score (nSPS) is 10.0. The summed E-state index contributed by atoms with van der Waals surface area (Å²) >= 11 is 9.31. The monoisotopic (exact) mass is 249 g/mol. The fraction of sp³-hybridized carbons (Fsp3) is 0.375. The molecule has 0 aliphatic rings. The molecule has 4 heteroatoms. The van der Waals surface area contributed by atoms with Gasteiger partial charge in [0.1, 0.15) is 0 Å². The van der Waals surface area contributed by atoms with Crippen LogP contribution in [-0.2, 0) is 6.42 Å². The number of halogens is 2. The van der Waals surface area contributed by atoms with Crippen molar-refractivity contribution in [1.82, 2.24) is 4.98 Å². The predicted molar refractivity (Wildman–Crippen MR) is 52.9 cm³/mol. The van der Waals surface area contributed by atoms with Gasteiger partial charge in [-0.2, -0.15) is 0 Å². The molecule has 0 fully saturated rings. The highest BCUT2D eigenvalue weighted by atomic mass is 79.9. The van der Waals surface area contributed by atoms with Crippen molar-refractivity contribution in [2.45, 2.75) is 13.3 Å². The fourth-order valence-electron chi connectivity index (χ4n) is 0.970. The second-order valence-electron chi connectivity index (χ2n) is 2.26. The molecule has 0 bridgehead atoms. The molecule has 0 saturated carbocycles. The van der Waals surface area contributed by atoms with Gasteiger partial charge in [0.05, 0.1) is 16.6 Å². The first-order valence-electron chi connectivity index (χ1n) is 3.57. The number of pyridine rings is 1. The molecule has 1 rings (SSSR count). The Kier molecular flexibility index (Phi) is 3.35. The minimum Gasteiger partial charge on any atom is -0.481 e. The van der Waals surface area contributed by atoms with Gasteiger partial charge in [0.2, 0.25) is 5.88 Å². The molecule has 0 atom stereocenters. The Morgan fingerprint density at radius 1 is 1.67 bits per heavy atom. The second-order valence-corrected chi connectivity index (χ2v) is 3.49. The van der Waals surface area contributed by atoms with Crippen LogP contribution in [0, 0.1) is 0 Å². The van der Waals surface area contributed by atoms with Crippen molar-refractivity contribution in [1.29, 1.82) is 0 Å². The molecule has 0 amide bonds. The van der Waals surface area contributed by atoms with Gasteiger partial charge in [-0.25, -0.2) is 4.98 Å². The van der Waals surface area contributed by atoms with Crippen LogP contribution in [-0.4, -0.2) is 12.1 Å². The highest BCUT2D eigenvalue weighted by Gasteiger charge is 2.09. The molecule has 0 aliphatic heterocycles. The van der Waals surface area contributed by atoms with Gasteiger partial charge in [0.25, 0.3) is 0 Å².